The minimum absolute atomic E-state index is 0.0992. The van der Waals surface area contributed by atoms with Crippen molar-refractivity contribution in [1.82, 2.24) is 5.32 Å². The molecule has 34 heavy (non-hydrogen) atoms. The number of rotatable bonds is 11. The third-order valence-electron chi connectivity index (χ3n) is 4.37. The van der Waals surface area contributed by atoms with Crippen molar-refractivity contribution < 1.29 is 37.0 Å². The zero-order chi connectivity index (χ0) is 25.1. The van der Waals surface area contributed by atoms with Crippen LogP contribution in [0, 0.1) is 6.92 Å². The number of sulfone groups is 1. The zero-order valence-electron chi connectivity index (χ0n) is 19.3. The van der Waals surface area contributed by atoms with E-state index >= 15 is 0 Å². The van der Waals surface area contributed by atoms with E-state index in [0.29, 0.717) is 30.4 Å². The molecule has 0 bridgehead atoms. The Bertz CT molecular complexity index is 1110. The molecule has 2 rings (SSSR count). The summed E-state index contributed by atoms with van der Waals surface area (Å²) >= 11 is 0. The summed E-state index contributed by atoms with van der Waals surface area (Å²) in [7, 11) is -3.66. The van der Waals surface area contributed by atoms with Crippen LogP contribution in [0.2, 0.25) is 0 Å². The maximum atomic E-state index is 12.3. The summed E-state index contributed by atoms with van der Waals surface area (Å²) < 4.78 is 40.2. The minimum atomic E-state index is -3.66. The molecule has 2 aromatic rings. The Hall–Kier alpha value is -3.60. The quantitative estimate of drug-likeness (QED) is 0.457. The first-order valence-electron chi connectivity index (χ1n) is 10.6. The van der Waals surface area contributed by atoms with Gasteiger partial charge in [0.15, 0.2) is 27.9 Å². The second kappa shape index (κ2) is 12.6. The fraction of sp³-hybridized carbons (Fsp3) is 0.348. The van der Waals surface area contributed by atoms with Crippen LogP contribution < -0.4 is 20.1 Å². The summed E-state index contributed by atoms with van der Waals surface area (Å²) in [6.45, 7) is 5.57. The van der Waals surface area contributed by atoms with Crippen LogP contribution in [0.5, 0.6) is 11.5 Å². The van der Waals surface area contributed by atoms with Crippen molar-refractivity contribution in [3.8, 4) is 11.5 Å². The number of urea groups is 1. The molecule has 3 amide bonds. The first kappa shape index (κ1) is 26.7. The fourth-order valence-electron chi connectivity index (χ4n) is 2.75. The number of aryl methyl sites for hydroxylation is 1. The zero-order valence-corrected chi connectivity index (χ0v) is 20.1. The first-order valence-corrected chi connectivity index (χ1v) is 12.2. The maximum Gasteiger partial charge on any atom is 0.325 e. The summed E-state index contributed by atoms with van der Waals surface area (Å²) in [6, 6.07) is 10.1. The summed E-state index contributed by atoms with van der Waals surface area (Å²) in [5.41, 5.74) is 1.26. The SMILES string of the molecule is CCOc1ccc(NC(=O)NC(=O)COC(=O)CCS(=O)(=O)c2ccc(C)cc2)cc1OCC. The highest BCUT2D eigenvalue weighted by Crippen LogP contribution is 2.30. The molecule has 2 N–H and O–H groups in total. The predicted octanol–water partition coefficient (Wildman–Crippen LogP) is 2.85. The van der Waals surface area contributed by atoms with Gasteiger partial charge in [0.25, 0.3) is 5.91 Å². The predicted molar refractivity (Wildman–Crippen MR) is 125 cm³/mol. The number of esters is 1. The van der Waals surface area contributed by atoms with Crippen molar-refractivity contribution in [2.75, 3.05) is 30.9 Å². The van der Waals surface area contributed by atoms with Crippen LogP contribution in [0.4, 0.5) is 10.5 Å². The topological polar surface area (TPSA) is 137 Å². The van der Waals surface area contributed by atoms with Crippen molar-refractivity contribution in [3.63, 3.8) is 0 Å². The number of nitrogens with one attached hydrogen (secondary N) is 2. The van der Waals surface area contributed by atoms with Crippen LogP contribution in [-0.2, 0) is 24.2 Å². The van der Waals surface area contributed by atoms with Gasteiger partial charge in [-0.05, 0) is 45.0 Å². The third-order valence-corrected chi connectivity index (χ3v) is 6.11. The Morgan fingerprint density at radius 1 is 0.912 bits per heavy atom. The van der Waals surface area contributed by atoms with Crippen LogP contribution >= 0.6 is 0 Å². The lowest BCUT2D eigenvalue weighted by Gasteiger charge is -2.13. The molecule has 0 saturated heterocycles. The van der Waals surface area contributed by atoms with Gasteiger partial charge in [-0.3, -0.25) is 14.9 Å². The molecule has 11 heteroatoms. The van der Waals surface area contributed by atoms with E-state index in [4.69, 9.17) is 14.2 Å². The Morgan fingerprint density at radius 3 is 2.21 bits per heavy atom. The van der Waals surface area contributed by atoms with Gasteiger partial charge in [0.2, 0.25) is 0 Å². The van der Waals surface area contributed by atoms with Crippen LogP contribution in [0.25, 0.3) is 0 Å². The molecular formula is C23H28N2O8S. The second-order valence-electron chi connectivity index (χ2n) is 7.07. The lowest BCUT2D eigenvalue weighted by Crippen LogP contribution is -2.37. The van der Waals surface area contributed by atoms with Crippen LogP contribution in [-0.4, -0.2) is 51.9 Å². The number of hydrogen-bond donors (Lipinski definition) is 2. The van der Waals surface area contributed by atoms with Crippen molar-refractivity contribution >= 4 is 33.4 Å². The van der Waals surface area contributed by atoms with Crippen molar-refractivity contribution in [2.45, 2.75) is 32.1 Å². The maximum absolute atomic E-state index is 12.3. The molecule has 0 fully saturated rings. The summed E-state index contributed by atoms with van der Waals surface area (Å²) in [5, 5.41) is 4.49. The normalized spacial score (nSPS) is 10.8. The highest BCUT2D eigenvalue weighted by molar-refractivity contribution is 7.91. The Balaban J connectivity index is 1.80. The second-order valence-corrected chi connectivity index (χ2v) is 9.18. The van der Waals surface area contributed by atoms with Gasteiger partial charge in [0.05, 0.1) is 30.3 Å². The molecule has 0 aliphatic heterocycles. The van der Waals surface area contributed by atoms with E-state index in [9.17, 15) is 22.8 Å². The molecule has 0 aliphatic carbocycles. The molecule has 0 saturated carbocycles. The number of carbonyl (C=O) groups is 3. The van der Waals surface area contributed by atoms with Crippen molar-refractivity contribution in [3.05, 3.63) is 48.0 Å². The Kier molecular flexibility index (Phi) is 9.87. The van der Waals surface area contributed by atoms with E-state index in [-0.39, 0.29) is 4.90 Å². The summed E-state index contributed by atoms with van der Waals surface area (Å²) in [5.74, 6) is -1.26. The smallest absolute Gasteiger partial charge is 0.325 e. The molecule has 0 heterocycles. The molecule has 0 aliphatic rings. The molecule has 2 aromatic carbocycles. The number of benzene rings is 2. The molecule has 0 spiro atoms. The lowest BCUT2D eigenvalue weighted by molar-refractivity contribution is -0.147. The van der Waals surface area contributed by atoms with E-state index in [1.165, 1.54) is 12.1 Å². The summed E-state index contributed by atoms with van der Waals surface area (Å²) in [6.07, 6.45) is -0.429. The van der Waals surface area contributed by atoms with Crippen LogP contribution in [0.3, 0.4) is 0 Å². The molecule has 184 valence electrons. The largest absolute Gasteiger partial charge is 0.490 e. The highest BCUT2D eigenvalue weighted by Gasteiger charge is 2.18. The van der Waals surface area contributed by atoms with Crippen LogP contribution in [0.1, 0.15) is 25.8 Å². The monoisotopic (exact) mass is 492 g/mol. The van der Waals surface area contributed by atoms with Gasteiger partial charge in [0.1, 0.15) is 0 Å². The molecule has 0 aromatic heterocycles. The number of imide groups is 1. The molecular weight excluding hydrogens is 464 g/mol. The van der Waals surface area contributed by atoms with Gasteiger partial charge in [-0.25, -0.2) is 13.2 Å². The number of amides is 3. The van der Waals surface area contributed by atoms with Crippen molar-refractivity contribution in [2.24, 2.45) is 0 Å². The van der Waals surface area contributed by atoms with E-state index in [1.807, 2.05) is 19.2 Å². The van der Waals surface area contributed by atoms with Crippen molar-refractivity contribution in [1.29, 1.82) is 0 Å². The third kappa shape index (κ3) is 8.39. The van der Waals surface area contributed by atoms with Gasteiger partial charge in [-0.2, -0.15) is 0 Å². The van der Waals surface area contributed by atoms with Gasteiger partial charge in [0, 0.05) is 11.8 Å². The molecule has 10 nitrogen and oxygen atoms in total. The van der Waals surface area contributed by atoms with Crippen LogP contribution in [0.15, 0.2) is 47.4 Å². The number of carbonyl (C=O) groups excluding carboxylic acids is 3. The number of anilines is 1. The highest BCUT2D eigenvalue weighted by atomic mass is 32.2. The average molecular weight is 493 g/mol. The van der Waals surface area contributed by atoms with Gasteiger partial charge in [-0.15, -0.1) is 0 Å². The minimum Gasteiger partial charge on any atom is -0.490 e. The average Bonchev–Trinajstić information content (AvgIpc) is 2.78. The molecule has 0 atom stereocenters. The first-order chi connectivity index (χ1) is 16.1. The van der Waals surface area contributed by atoms with Gasteiger partial charge in [-0.1, -0.05) is 17.7 Å². The summed E-state index contributed by atoms with van der Waals surface area (Å²) in [4.78, 5) is 35.9. The molecule has 0 unspecified atom stereocenters. The standard InChI is InChI=1S/C23H28N2O8S/c1-4-31-19-11-8-17(14-20(19)32-5-2)24-23(28)25-21(26)15-33-22(27)12-13-34(29,30)18-9-6-16(3)7-10-18/h6-11,14H,4-5,12-13,15H2,1-3H3,(H2,24,25,26,28). The fourth-order valence-corrected chi connectivity index (χ4v) is 3.98. The van der Waals surface area contributed by atoms with E-state index in [1.54, 1.807) is 37.3 Å². The van der Waals surface area contributed by atoms with E-state index in [0.717, 1.165) is 5.56 Å². The Morgan fingerprint density at radius 2 is 1.56 bits per heavy atom. The van der Waals surface area contributed by atoms with E-state index in [2.05, 4.69) is 5.32 Å². The number of hydrogen-bond acceptors (Lipinski definition) is 8. The Labute approximate surface area is 198 Å². The van der Waals surface area contributed by atoms with Gasteiger partial charge >= 0.3 is 12.0 Å². The molecule has 0 radical (unpaired) electrons. The van der Waals surface area contributed by atoms with Gasteiger partial charge < -0.3 is 19.5 Å². The van der Waals surface area contributed by atoms with E-state index < -0.39 is 46.5 Å². The number of ether oxygens (including phenoxy) is 3. The lowest BCUT2D eigenvalue weighted by atomic mass is 10.2.